The Morgan fingerprint density at radius 2 is 2.24 bits per heavy atom. The summed E-state index contributed by atoms with van der Waals surface area (Å²) in [6, 6.07) is 1.77. The van der Waals surface area contributed by atoms with Gasteiger partial charge in [0, 0.05) is 12.5 Å². The first kappa shape index (κ1) is 19.1. The van der Waals surface area contributed by atoms with Crippen LogP contribution in [0.1, 0.15) is 57.4 Å². The number of nitrogens with zero attached hydrogens (tertiary/aromatic N) is 2. The van der Waals surface area contributed by atoms with E-state index < -0.39 is 17.3 Å². The lowest BCUT2D eigenvalue weighted by Crippen LogP contribution is -2.47. The molecule has 6 heteroatoms. The number of Topliss-reactive ketones (excluding diaryl/α,β-unsaturated/α-hetero) is 2. The molecule has 0 aromatic carbocycles. The Hall–Kier alpha value is -2.24. The monoisotopic (exact) mass is 346 g/mol. The smallest absolute Gasteiger partial charge is 0.160 e. The molecule has 1 heterocycles. The first-order valence-electron chi connectivity index (χ1n) is 8.61. The van der Waals surface area contributed by atoms with E-state index in [4.69, 9.17) is 9.36 Å². The zero-order chi connectivity index (χ0) is 18.6. The highest BCUT2D eigenvalue weighted by Crippen LogP contribution is 2.46. The van der Waals surface area contributed by atoms with E-state index in [-0.39, 0.29) is 24.6 Å². The normalized spacial score (nSPS) is 23.6. The van der Waals surface area contributed by atoms with Gasteiger partial charge in [-0.3, -0.25) is 9.59 Å². The fraction of sp³-hybridized carbons (Fsp3) is 0.579. The number of rotatable bonds is 7. The zero-order valence-electron chi connectivity index (χ0n) is 15.4. The van der Waals surface area contributed by atoms with Crippen molar-refractivity contribution in [3.05, 3.63) is 30.2 Å². The molecule has 2 atom stereocenters. The lowest BCUT2D eigenvalue weighted by Gasteiger charge is -2.38. The van der Waals surface area contributed by atoms with Crippen LogP contribution in [0.15, 0.2) is 28.4 Å². The van der Waals surface area contributed by atoms with E-state index in [9.17, 15) is 9.59 Å². The molecule has 1 aliphatic carbocycles. The summed E-state index contributed by atoms with van der Waals surface area (Å²) in [4.78, 5) is 31.1. The molecule has 0 saturated heterocycles. The zero-order valence-corrected chi connectivity index (χ0v) is 15.4. The van der Waals surface area contributed by atoms with Crippen molar-refractivity contribution in [1.82, 2.24) is 5.16 Å². The Bertz CT molecular complexity index is 687. The maximum absolute atomic E-state index is 13.2. The molecule has 1 aromatic heterocycles. The molecule has 25 heavy (non-hydrogen) atoms. The Morgan fingerprint density at radius 1 is 1.52 bits per heavy atom. The van der Waals surface area contributed by atoms with Crippen molar-refractivity contribution in [2.24, 2.45) is 16.5 Å². The van der Waals surface area contributed by atoms with Crippen LogP contribution in [-0.4, -0.2) is 29.0 Å². The van der Waals surface area contributed by atoms with Crippen molar-refractivity contribution in [1.29, 1.82) is 0 Å². The number of hydrogen-bond acceptors (Lipinski definition) is 6. The van der Waals surface area contributed by atoms with Crippen LogP contribution >= 0.6 is 0 Å². The lowest BCUT2D eigenvalue weighted by molar-refractivity contribution is -0.139. The van der Waals surface area contributed by atoms with Gasteiger partial charge in [0.1, 0.15) is 24.1 Å². The highest BCUT2D eigenvalue weighted by molar-refractivity contribution is 6.24. The van der Waals surface area contributed by atoms with E-state index in [0.717, 1.165) is 6.42 Å². The van der Waals surface area contributed by atoms with Gasteiger partial charge in [-0.05, 0) is 18.8 Å². The molecule has 0 amide bonds. The van der Waals surface area contributed by atoms with Crippen molar-refractivity contribution >= 4 is 17.3 Å². The number of aromatic nitrogens is 1. The lowest BCUT2D eigenvalue weighted by atomic mass is 9.62. The van der Waals surface area contributed by atoms with Crippen molar-refractivity contribution in [2.45, 2.75) is 52.9 Å². The van der Waals surface area contributed by atoms with Gasteiger partial charge in [0.2, 0.25) is 0 Å². The Labute approximate surface area is 148 Å². The Morgan fingerprint density at radius 3 is 2.80 bits per heavy atom. The third kappa shape index (κ3) is 4.06. The molecule has 2 rings (SSSR count). The molecule has 2 unspecified atom stereocenters. The Kier molecular flexibility index (Phi) is 5.93. The third-order valence-electron chi connectivity index (χ3n) is 4.45. The average Bonchev–Trinajstić information content (AvgIpc) is 2.92. The molecule has 1 fully saturated rings. The quantitative estimate of drug-likeness (QED) is 0.248. The van der Waals surface area contributed by atoms with Crippen LogP contribution < -0.4 is 0 Å². The van der Waals surface area contributed by atoms with E-state index in [1.165, 1.54) is 0 Å². The number of carbonyl (C=O) groups excluding carboxylic acids is 2. The van der Waals surface area contributed by atoms with Crippen LogP contribution in [0.25, 0.3) is 0 Å². The van der Waals surface area contributed by atoms with Crippen LogP contribution in [0, 0.1) is 18.3 Å². The fourth-order valence-corrected chi connectivity index (χ4v) is 3.43. The minimum Gasteiger partial charge on any atom is -0.392 e. The summed E-state index contributed by atoms with van der Waals surface area (Å²) in [5.41, 5.74) is 0.663. The summed E-state index contributed by atoms with van der Waals surface area (Å²) >= 11 is 0. The second-order valence-corrected chi connectivity index (χ2v) is 7.19. The molecule has 0 bridgehead atoms. The number of carbonyl (C=O) groups is 2. The molecule has 1 saturated carbocycles. The molecule has 0 radical (unpaired) electrons. The first-order valence-corrected chi connectivity index (χ1v) is 8.61. The average molecular weight is 346 g/mol. The van der Waals surface area contributed by atoms with E-state index >= 15 is 0 Å². The van der Waals surface area contributed by atoms with Crippen LogP contribution in [0.5, 0.6) is 0 Å². The van der Waals surface area contributed by atoms with Gasteiger partial charge >= 0.3 is 0 Å². The van der Waals surface area contributed by atoms with Crippen LogP contribution in [-0.2, 0) is 14.4 Å². The molecule has 1 aromatic rings. The molecular formula is C19H26N2O4. The van der Waals surface area contributed by atoms with Gasteiger partial charge in [-0.2, -0.15) is 0 Å². The molecule has 1 aliphatic rings. The topological polar surface area (TPSA) is 81.8 Å². The van der Waals surface area contributed by atoms with Crippen molar-refractivity contribution in [3.8, 4) is 0 Å². The van der Waals surface area contributed by atoms with Crippen LogP contribution in [0.3, 0.4) is 0 Å². The molecular weight excluding hydrogens is 320 g/mol. The highest BCUT2D eigenvalue weighted by Gasteiger charge is 2.51. The van der Waals surface area contributed by atoms with E-state index in [0.29, 0.717) is 23.6 Å². The molecule has 0 spiro atoms. The van der Waals surface area contributed by atoms with E-state index in [2.05, 4.69) is 16.9 Å². The third-order valence-corrected chi connectivity index (χ3v) is 4.45. The minimum absolute atomic E-state index is 0.114. The van der Waals surface area contributed by atoms with Gasteiger partial charge in [-0.15, -0.1) is 0 Å². The highest BCUT2D eigenvalue weighted by atomic mass is 16.6. The predicted molar refractivity (Wildman–Crippen MR) is 94.4 cm³/mol. The summed E-state index contributed by atoms with van der Waals surface area (Å²) in [6.07, 6.45) is 3.14. The van der Waals surface area contributed by atoms with Gasteiger partial charge in [0.25, 0.3) is 0 Å². The van der Waals surface area contributed by atoms with Gasteiger partial charge in [-0.25, -0.2) is 0 Å². The van der Waals surface area contributed by atoms with Gasteiger partial charge in [0.05, 0.1) is 17.3 Å². The molecule has 0 aliphatic heterocycles. The van der Waals surface area contributed by atoms with Crippen molar-refractivity contribution < 1.29 is 18.9 Å². The van der Waals surface area contributed by atoms with Gasteiger partial charge in [-0.1, -0.05) is 50.2 Å². The SMILES string of the molecule is C=CCO/N=C(/CCC)C1C(=O)CC(C)(C)C(c2cc(C)no2)C1=O. The minimum atomic E-state index is -0.881. The van der Waals surface area contributed by atoms with Gasteiger partial charge < -0.3 is 9.36 Å². The summed E-state index contributed by atoms with van der Waals surface area (Å²) in [5, 5.41) is 7.97. The molecule has 0 N–H and O–H groups in total. The first-order chi connectivity index (χ1) is 11.8. The van der Waals surface area contributed by atoms with Crippen LogP contribution in [0.4, 0.5) is 0 Å². The number of aryl methyl sites for hydroxylation is 1. The number of oxime groups is 1. The predicted octanol–water partition coefficient (Wildman–Crippen LogP) is 3.61. The number of ketones is 2. The summed E-state index contributed by atoms with van der Waals surface area (Å²) in [5.74, 6) is -1.21. The maximum Gasteiger partial charge on any atom is 0.160 e. The fourth-order valence-electron chi connectivity index (χ4n) is 3.43. The number of hydrogen-bond donors (Lipinski definition) is 0. The van der Waals surface area contributed by atoms with E-state index in [1.54, 1.807) is 12.1 Å². The largest absolute Gasteiger partial charge is 0.392 e. The van der Waals surface area contributed by atoms with Crippen molar-refractivity contribution in [3.63, 3.8) is 0 Å². The second kappa shape index (κ2) is 7.76. The summed E-state index contributed by atoms with van der Waals surface area (Å²) in [6.45, 7) is 11.4. The summed E-state index contributed by atoms with van der Waals surface area (Å²) in [7, 11) is 0. The standard InChI is InChI=1S/C19H26N2O4/c1-6-8-13(21-24-9-7-2)16-14(22)11-19(4,5)17(18(16)23)15-10-12(3)20-25-15/h7,10,16-17H,2,6,8-9,11H2,1,3-5H3/b21-13-. The van der Waals surface area contributed by atoms with Gasteiger partial charge in [0.15, 0.2) is 5.78 Å². The maximum atomic E-state index is 13.2. The second-order valence-electron chi connectivity index (χ2n) is 7.19. The van der Waals surface area contributed by atoms with Crippen LogP contribution in [0.2, 0.25) is 0 Å². The van der Waals surface area contributed by atoms with E-state index in [1.807, 2.05) is 27.7 Å². The Balaban J connectivity index is 2.40. The van der Waals surface area contributed by atoms with Crippen molar-refractivity contribution in [2.75, 3.05) is 6.61 Å². The summed E-state index contributed by atoms with van der Waals surface area (Å²) < 4.78 is 5.37. The molecule has 6 nitrogen and oxygen atoms in total. The molecule has 136 valence electrons.